The molecule has 7 nitrogen and oxygen atoms in total. The standard InChI is InChI=1S/C33H41N4O3S.ClH/c1-10-41(38,39)30-19-29(34-20-35-30)40-33-36(31-25(21(2)3)13-11-14-26(31)22(4)5)17-18-37(33)32-27(23(6)7)15-12-16-28(32)24(8)9;/h10-24H,1H2,2-9H3;1H/q+1;/p-1. The summed E-state index contributed by atoms with van der Waals surface area (Å²) in [5.74, 6) is 1.14. The first-order valence-corrected chi connectivity index (χ1v) is 15.7. The minimum atomic E-state index is -3.78. The quantitative estimate of drug-likeness (QED) is 0.192. The van der Waals surface area contributed by atoms with E-state index < -0.39 is 9.84 Å². The molecule has 42 heavy (non-hydrogen) atoms. The number of nitrogens with zero attached hydrogens (tertiary/aromatic N) is 4. The Hall–Kier alpha value is -3.49. The summed E-state index contributed by atoms with van der Waals surface area (Å²) in [6.07, 6.45) is 5.24. The lowest BCUT2D eigenvalue weighted by molar-refractivity contribution is -0.602. The van der Waals surface area contributed by atoms with E-state index in [-0.39, 0.29) is 47.0 Å². The molecule has 0 N–H and O–H groups in total. The second-order valence-corrected chi connectivity index (χ2v) is 13.4. The SMILES string of the molecule is C=CS(=O)(=O)c1cc(Oc2n(-c3c(C(C)C)cccc3C(C)C)cc[n+]2-c2c(C(C)C)cccc2C(C)C)ncn1.[Cl-]. The van der Waals surface area contributed by atoms with Crippen LogP contribution >= 0.6 is 0 Å². The fraction of sp³-hybridized carbons (Fsp3) is 0.364. The van der Waals surface area contributed by atoms with Gasteiger partial charge in [-0.1, -0.05) is 98.4 Å². The summed E-state index contributed by atoms with van der Waals surface area (Å²) in [5.41, 5.74) is 6.83. The molecule has 4 rings (SSSR count). The van der Waals surface area contributed by atoms with Crippen LogP contribution in [0.2, 0.25) is 0 Å². The maximum absolute atomic E-state index is 12.5. The topological polar surface area (TPSA) is 78.0 Å². The van der Waals surface area contributed by atoms with Gasteiger partial charge in [-0.2, -0.15) is 9.13 Å². The van der Waals surface area contributed by atoms with E-state index in [1.165, 1.54) is 34.6 Å². The lowest BCUT2D eigenvalue weighted by atomic mass is 9.92. The van der Waals surface area contributed by atoms with Crippen molar-refractivity contribution in [2.75, 3.05) is 0 Å². The van der Waals surface area contributed by atoms with E-state index in [1.54, 1.807) is 0 Å². The van der Waals surface area contributed by atoms with Crippen molar-refractivity contribution in [1.82, 2.24) is 14.5 Å². The molecule has 0 atom stereocenters. The minimum absolute atomic E-state index is 0. The summed E-state index contributed by atoms with van der Waals surface area (Å²) in [4.78, 5) is 8.26. The van der Waals surface area contributed by atoms with Gasteiger partial charge in [0.25, 0.3) is 0 Å². The molecule has 0 unspecified atom stereocenters. The number of aromatic nitrogens is 4. The molecule has 224 valence electrons. The van der Waals surface area contributed by atoms with Gasteiger partial charge in [0.1, 0.15) is 30.1 Å². The van der Waals surface area contributed by atoms with Gasteiger partial charge in [-0.05, 0) is 23.7 Å². The van der Waals surface area contributed by atoms with Gasteiger partial charge in [-0.25, -0.2) is 18.4 Å². The van der Waals surface area contributed by atoms with Crippen molar-refractivity contribution in [2.24, 2.45) is 0 Å². The smallest absolute Gasteiger partial charge is 0.473 e. The molecule has 0 radical (unpaired) electrons. The number of hydrogen-bond donors (Lipinski definition) is 0. The van der Waals surface area contributed by atoms with Crippen LogP contribution in [0.15, 0.2) is 78.2 Å². The number of imidazole rings is 1. The third-order valence-corrected chi connectivity index (χ3v) is 8.51. The van der Waals surface area contributed by atoms with E-state index in [0.29, 0.717) is 6.01 Å². The fourth-order valence-corrected chi connectivity index (χ4v) is 5.74. The van der Waals surface area contributed by atoms with E-state index >= 15 is 0 Å². The summed E-state index contributed by atoms with van der Waals surface area (Å²) in [7, 11) is -3.78. The van der Waals surface area contributed by atoms with Gasteiger partial charge in [-0.15, -0.1) is 0 Å². The van der Waals surface area contributed by atoms with Crippen molar-refractivity contribution in [1.29, 1.82) is 0 Å². The van der Waals surface area contributed by atoms with Gasteiger partial charge in [0.05, 0.1) is 0 Å². The molecule has 0 aliphatic rings. The lowest BCUT2D eigenvalue weighted by Gasteiger charge is -2.19. The van der Waals surface area contributed by atoms with Crippen molar-refractivity contribution in [3.05, 3.63) is 95.4 Å². The van der Waals surface area contributed by atoms with Crippen LogP contribution in [-0.4, -0.2) is 23.0 Å². The summed E-state index contributed by atoms with van der Waals surface area (Å²) in [6.45, 7) is 20.9. The van der Waals surface area contributed by atoms with Crippen LogP contribution in [-0.2, 0) is 9.84 Å². The van der Waals surface area contributed by atoms with Crippen molar-refractivity contribution in [3.63, 3.8) is 0 Å². The Kier molecular flexibility index (Phi) is 10.4. The molecule has 0 aliphatic heterocycles. The Bertz CT molecular complexity index is 1540. The highest BCUT2D eigenvalue weighted by atomic mass is 35.5. The molecule has 2 aromatic heterocycles. The van der Waals surface area contributed by atoms with Gasteiger partial charge in [0.2, 0.25) is 15.7 Å². The second-order valence-electron chi connectivity index (χ2n) is 11.5. The summed E-state index contributed by atoms with van der Waals surface area (Å²) < 4.78 is 35.8. The van der Waals surface area contributed by atoms with Gasteiger partial charge < -0.3 is 17.1 Å². The average Bonchev–Trinajstić information content (AvgIpc) is 3.34. The number of hydrogen-bond acceptors (Lipinski definition) is 5. The van der Waals surface area contributed by atoms with Gasteiger partial charge >= 0.3 is 6.01 Å². The maximum Gasteiger partial charge on any atom is 0.473 e. The first-order valence-electron chi connectivity index (χ1n) is 14.1. The Morgan fingerprint density at radius 3 is 1.81 bits per heavy atom. The van der Waals surface area contributed by atoms with Crippen molar-refractivity contribution >= 4 is 9.84 Å². The predicted octanol–water partition coefficient (Wildman–Crippen LogP) is 4.75. The molecule has 0 aliphatic carbocycles. The minimum Gasteiger partial charge on any atom is -1.00 e. The monoisotopic (exact) mass is 608 g/mol. The molecule has 4 aromatic rings. The van der Waals surface area contributed by atoms with Gasteiger partial charge in [0, 0.05) is 33.7 Å². The molecule has 0 fully saturated rings. The highest BCUT2D eigenvalue weighted by Gasteiger charge is 2.32. The van der Waals surface area contributed by atoms with Crippen LogP contribution < -0.4 is 21.7 Å². The zero-order valence-electron chi connectivity index (χ0n) is 25.7. The third-order valence-electron chi connectivity index (χ3n) is 7.27. The zero-order valence-corrected chi connectivity index (χ0v) is 27.2. The van der Waals surface area contributed by atoms with Gasteiger partial charge in [0.15, 0.2) is 5.03 Å². The number of sulfone groups is 1. The number of para-hydroxylation sites is 2. The van der Waals surface area contributed by atoms with E-state index in [1.807, 2.05) is 12.4 Å². The number of ether oxygens (including phenoxy) is 1. The summed E-state index contributed by atoms with van der Waals surface area (Å²) >= 11 is 0. The van der Waals surface area contributed by atoms with Crippen LogP contribution in [0.1, 0.15) is 101 Å². The molecule has 0 saturated carbocycles. The average molecular weight is 609 g/mol. The Morgan fingerprint density at radius 2 is 1.33 bits per heavy atom. The first-order chi connectivity index (χ1) is 19.4. The van der Waals surface area contributed by atoms with Crippen molar-refractivity contribution in [2.45, 2.75) is 84.1 Å². The normalized spacial score (nSPS) is 11.8. The first kappa shape index (κ1) is 33.0. The second kappa shape index (κ2) is 13.2. The van der Waals surface area contributed by atoms with Crippen LogP contribution in [0, 0.1) is 0 Å². The van der Waals surface area contributed by atoms with E-state index in [2.05, 4.69) is 117 Å². The molecular weight excluding hydrogens is 568 g/mol. The summed E-state index contributed by atoms with van der Waals surface area (Å²) in [6, 6.07) is 14.7. The van der Waals surface area contributed by atoms with Crippen LogP contribution in [0.5, 0.6) is 11.9 Å². The van der Waals surface area contributed by atoms with E-state index in [4.69, 9.17) is 4.74 Å². The molecule has 0 amide bonds. The van der Waals surface area contributed by atoms with Gasteiger partial charge in [-0.3, -0.25) is 0 Å². The molecule has 0 bridgehead atoms. The largest absolute Gasteiger partial charge is 1.00 e. The molecule has 2 heterocycles. The molecule has 9 heteroatoms. The third kappa shape index (κ3) is 6.45. The zero-order chi connectivity index (χ0) is 30.1. The number of halogens is 1. The Morgan fingerprint density at radius 1 is 0.833 bits per heavy atom. The summed E-state index contributed by atoms with van der Waals surface area (Å²) in [5, 5.41) is 0.710. The predicted molar refractivity (Wildman–Crippen MR) is 163 cm³/mol. The number of benzene rings is 2. The Balaban J connectivity index is 0.00000484. The fourth-order valence-electron chi connectivity index (χ4n) is 5.11. The molecular formula is C33H41ClN4O3S. The van der Waals surface area contributed by atoms with Crippen LogP contribution in [0.3, 0.4) is 0 Å². The van der Waals surface area contributed by atoms with Crippen LogP contribution in [0.25, 0.3) is 11.4 Å². The van der Waals surface area contributed by atoms with E-state index in [9.17, 15) is 8.42 Å². The molecule has 0 saturated heterocycles. The van der Waals surface area contributed by atoms with Crippen molar-refractivity contribution < 1.29 is 30.1 Å². The number of rotatable bonds is 10. The highest BCUT2D eigenvalue weighted by molar-refractivity contribution is 7.94. The Labute approximate surface area is 256 Å². The maximum atomic E-state index is 12.5. The van der Waals surface area contributed by atoms with E-state index in [0.717, 1.165) is 16.8 Å². The highest BCUT2D eigenvalue weighted by Crippen LogP contribution is 2.36. The van der Waals surface area contributed by atoms with Crippen LogP contribution in [0.4, 0.5) is 0 Å². The van der Waals surface area contributed by atoms with Crippen molar-refractivity contribution in [3.8, 4) is 23.3 Å². The molecule has 2 aromatic carbocycles. The lowest BCUT2D eigenvalue weighted by Crippen LogP contribution is -3.00. The molecule has 0 spiro atoms.